The van der Waals surface area contributed by atoms with Crippen molar-refractivity contribution in [3.05, 3.63) is 52.9 Å². The number of ether oxygens (including phenoxy) is 1. The topological polar surface area (TPSA) is 75.1 Å². The molecule has 2 atom stereocenters. The number of nitrogens with zero attached hydrogens (tertiary/aromatic N) is 3. The maximum absolute atomic E-state index is 12.0. The van der Waals surface area contributed by atoms with Crippen LogP contribution < -0.4 is 5.19 Å². The third kappa shape index (κ3) is 3.97. The Morgan fingerprint density at radius 2 is 2.00 bits per heavy atom. The quantitative estimate of drug-likeness (QED) is 0.202. The lowest BCUT2D eigenvalue weighted by Gasteiger charge is -2.33. The number of azide groups is 1. The smallest absolute Gasteiger partial charge is 0.314 e. The number of esters is 1. The summed E-state index contributed by atoms with van der Waals surface area (Å²) in [4.78, 5) is 14.8. The van der Waals surface area contributed by atoms with E-state index in [1.54, 1.807) is 0 Å². The summed E-state index contributed by atoms with van der Waals surface area (Å²) >= 11 is 0. The molecule has 1 rings (SSSR count). The summed E-state index contributed by atoms with van der Waals surface area (Å²) in [5.74, 6) is -0.493. The summed E-state index contributed by atoms with van der Waals surface area (Å²) in [6, 6.07) is 9.22. The van der Waals surface area contributed by atoms with Gasteiger partial charge in [-0.3, -0.25) is 4.79 Å². The highest BCUT2D eigenvalue weighted by atomic mass is 28.3. The highest BCUT2D eigenvalue weighted by Crippen LogP contribution is 2.30. The molecule has 0 heterocycles. The van der Waals surface area contributed by atoms with Gasteiger partial charge in [0.2, 0.25) is 0 Å². The summed E-state index contributed by atoms with van der Waals surface area (Å²) < 4.78 is 4.81. The van der Waals surface area contributed by atoms with E-state index in [2.05, 4.69) is 35.3 Å². The largest absolute Gasteiger partial charge is 0.469 e. The minimum absolute atomic E-state index is 0.159. The maximum atomic E-state index is 12.0. The van der Waals surface area contributed by atoms with E-state index in [0.29, 0.717) is 0 Å². The highest BCUT2D eigenvalue weighted by Gasteiger charge is 2.40. The number of carbonyl (C=O) groups excluding carboxylic acids is 1. The Bertz CT molecular complexity index is 551. The average molecular weight is 303 g/mol. The second-order valence-corrected chi connectivity index (χ2v) is 10.00. The monoisotopic (exact) mass is 303 g/mol. The zero-order valence-electron chi connectivity index (χ0n) is 12.9. The number of allylic oxidation sites excluding steroid dienone is 1. The molecule has 1 aromatic rings. The number of benzene rings is 1. The van der Waals surface area contributed by atoms with Gasteiger partial charge in [-0.25, -0.2) is 0 Å². The van der Waals surface area contributed by atoms with Crippen molar-refractivity contribution in [2.24, 2.45) is 5.11 Å². The van der Waals surface area contributed by atoms with Gasteiger partial charge >= 0.3 is 5.97 Å². The number of methoxy groups -OCH3 is 1. The molecule has 0 fully saturated rings. The Morgan fingerprint density at radius 1 is 1.38 bits per heavy atom. The third-order valence-corrected chi connectivity index (χ3v) is 7.71. The number of carbonyl (C=O) groups is 1. The van der Waals surface area contributed by atoms with E-state index < -0.39 is 20.1 Å². The summed E-state index contributed by atoms with van der Waals surface area (Å²) in [7, 11) is -0.750. The Labute approximate surface area is 126 Å². The summed E-state index contributed by atoms with van der Waals surface area (Å²) in [5.41, 5.74) is 8.62. The molecule has 0 radical (unpaired) electrons. The summed E-state index contributed by atoms with van der Waals surface area (Å²) in [6.45, 7) is 6.22. The minimum atomic E-state index is -2.06. The lowest BCUT2D eigenvalue weighted by molar-refractivity contribution is -0.142. The Morgan fingerprint density at radius 3 is 2.48 bits per heavy atom. The van der Waals surface area contributed by atoms with Crippen molar-refractivity contribution in [3.8, 4) is 0 Å². The first-order valence-corrected chi connectivity index (χ1v) is 9.87. The van der Waals surface area contributed by atoms with E-state index in [1.807, 2.05) is 37.3 Å². The molecule has 1 aromatic carbocycles. The molecular formula is C15H21N3O2Si. The Kier molecular flexibility index (Phi) is 6.21. The van der Waals surface area contributed by atoms with Gasteiger partial charge in [-0.15, -0.1) is 0 Å². The first kappa shape index (κ1) is 17.0. The minimum Gasteiger partial charge on any atom is -0.469 e. The fourth-order valence-electron chi connectivity index (χ4n) is 2.45. The van der Waals surface area contributed by atoms with Gasteiger partial charge in [0, 0.05) is 4.91 Å². The van der Waals surface area contributed by atoms with E-state index in [-0.39, 0.29) is 5.54 Å². The number of hydrogen-bond acceptors (Lipinski definition) is 3. The van der Waals surface area contributed by atoms with Gasteiger partial charge in [-0.1, -0.05) is 65.9 Å². The van der Waals surface area contributed by atoms with Crippen LogP contribution in [0.25, 0.3) is 10.4 Å². The van der Waals surface area contributed by atoms with E-state index in [4.69, 9.17) is 10.3 Å². The normalized spacial score (nSPS) is 14.3. The molecule has 0 saturated heterocycles. The van der Waals surface area contributed by atoms with Crippen molar-refractivity contribution in [1.82, 2.24) is 0 Å². The molecule has 0 unspecified atom stereocenters. The van der Waals surface area contributed by atoms with Gasteiger partial charge in [0.25, 0.3) is 0 Å². The molecule has 0 aliphatic heterocycles. The van der Waals surface area contributed by atoms with Crippen LogP contribution in [0.1, 0.15) is 6.92 Å². The Hall–Kier alpha value is -2.04. The zero-order valence-corrected chi connectivity index (χ0v) is 13.9. The third-order valence-electron chi connectivity index (χ3n) is 3.71. The molecule has 0 spiro atoms. The van der Waals surface area contributed by atoms with E-state index >= 15 is 0 Å². The van der Waals surface area contributed by atoms with E-state index in [9.17, 15) is 4.79 Å². The first-order chi connectivity index (χ1) is 9.98. The number of hydrogen-bond donors (Lipinski definition) is 0. The van der Waals surface area contributed by atoms with Crippen LogP contribution in [0.15, 0.2) is 47.6 Å². The Balaban J connectivity index is 3.32. The lowest BCUT2D eigenvalue weighted by atomic mass is 10.2. The van der Waals surface area contributed by atoms with Crippen LogP contribution in [0.4, 0.5) is 0 Å². The van der Waals surface area contributed by atoms with Crippen molar-refractivity contribution in [1.29, 1.82) is 0 Å². The summed E-state index contributed by atoms with van der Waals surface area (Å²) in [6.07, 6.45) is 3.85. The highest BCUT2D eigenvalue weighted by molar-refractivity contribution is 6.91. The van der Waals surface area contributed by atoms with Crippen molar-refractivity contribution < 1.29 is 9.53 Å². The van der Waals surface area contributed by atoms with Crippen LogP contribution in [0.2, 0.25) is 18.6 Å². The van der Waals surface area contributed by atoms with Crippen molar-refractivity contribution in [2.45, 2.75) is 31.6 Å². The molecule has 0 aliphatic rings. The molecule has 0 aliphatic carbocycles. The van der Waals surface area contributed by atoms with Crippen LogP contribution in [0.5, 0.6) is 0 Å². The molecule has 112 valence electrons. The van der Waals surface area contributed by atoms with Crippen LogP contribution in [0, 0.1) is 0 Å². The fraction of sp³-hybridized carbons (Fsp3) is 0.400. The van der Waals surface area contributed by atoms with Gasteiger partial charge in [-0.2, -0.15) is 0 Å². The molecule has 0 saturated carbocycles. The second kappa shape index (κ2) is 7.66. The predicted molar refractivity (Wildman–Crippen MR) is 87.1 cm³/mol. The van der Waals surface area contributed by atoms with Crippen molar-refractivity contribution >= 4 is 19.2 Å². The van der Waals surface area contributed by atoms with E-state index in [0.717, 1.165) is 0 Å². The van der Waals surface area contributed by atoms with Crippen LogP contribution in [-0.2, 0) is 9.53 Å². The van der Waals surface area contributed by atoms with Crippen LogP contribution in [0.3, 0.4) is 0 Å². The molecular weight excluding hydrogens is 282 g/mol. The molecule has 0 bridgehead atoms. The average Bonchev–Trinajstić information content (AvgIpc) is 2.50. The zero-order chi connectivity index (χ0) is 15.9. The van der Waals surface area contributed by atoms with Gasteiger partial charge in [-0.05, 0) is 18.0 Å². The maximum Gasteiger partial charge on any atom is 0.314 e. The second-order valence-electron chi connectivity index (χ2n) is 5.31. The predicted octanol–water partition coefficient (Wildman–Crippen LogP) is 3.40. The van der Waals surface area contributed by atoms with Crippen molar-refractivity contribution in [2.75, 3.05) is 7.11 Å². The molecule has 0 N–H and O–H groups in total. The fourth-order valence-corrected chi connectivity index (χ4v) is 5.55. The number of rotatable bonds is 6. The van der Waals surface area contributed by atoms with E-state index in [1.165, 1.54) is 12.3 Å². The van der Waals surface area contributed by atoms with Gasteiger partial charge in [0.1, 0.15) is 6.04 Å². The van der Waals surface area contributed by atoms with Gasteiger partial charge in [0.05, 0.1) is 15.2 Å². The molecule has 6 heteroatoms. The molecule has 21 heavy (non-hydrogen) atoms. The summed E-state index contributed by atoms with van der Waals surface area (Å²) in [5, 5.41) is 4.90. The molecule has 5 nitrogen and oxygen atoms in total. The van der Waals surface area contributed by atoms with Gasteiger partial charge < -0.3 is 4.74 Å². The van der Waals surface area contributed by atoms with Crippen LogP contribution >= 0.6 is 0 Å². The van der Waals surface area contributed by atoms with Crippen LogP contribution in [-0.4, -0.2) is 27.2 Å². The first-order valence-electron chi connectivity index (χ1n) is 6.79. The van der Waals surface area contributed by atoms with Crippen molar-refractivity contribution in [3.63, 3.8) is 0 Å². The molecule has 0 aromatic heterocycles. The lowest BCUT2D eigenvalue weighted by Crippen LogP contribution is -2.50. The standard InChI is InChI=1S/C15H21N3O2Si/c1-5-9-13(14(17-18-16)15(19)20-2)21(3,4)12-10-7-6-8-11-12/h5-11,13-14H,1-4H3/b9-5+/t13-,14+/m0/s1. The SMILES string of the molecule is C/C=C/[C@@H]([C@@H](N=[N+]=[N-])C(=O)OC)[Si](C)(C)c1ccccc1. The molecule has 0 amide bonds. The van der Waals surface area contributed by atoms with Gasteiger partial charge in [0.15, 0.2) is 0 Å².